The minimum Gasteiger partial charge on any atom is -0.348 e. The minimum atomic E-state index is -0.0220. The molecule has 1 aliphatic rings. The standard InChI is InChI=1S/C14H20BrN3O/c1-3-12-10(8-9(2)17-18-12)14(19)16-13-7-5-4-6-11(13)15/h8,11,13H,3-7H2,1-2H3,(H,16,19). The summed E-state index contributed by atoms with van der Waals surface area (Å²) in [5.74, 6) is -0.0220. The molecule has 19 heavy (non-hydrogen) atoms. The lowest BCUT2D eigenvalue weighted by Gasteiger charge is -2.28. The average molecular weight is 326 g/mol. The predicted octanol–water partition coefficient (Wildman–Crippen LogP) is 2.78. The fraction of sp³-hybridized carbons (Fsp3) is 0.643. The van der Waals surface area contributed by atoms with E-state index in [1.54, 1.807) is 0 Å². The summed E-state index contributed by atoms with van der Waals surface area (Å²) in [4.78, 5) is 12.8. The first-order chi connectivity index (χ1) is 9.11. The molecule has 1 heterocycles. The van der Waals surface area contributed by atoms with Gasteiger partial charge in [-0.1, -0.05) is 35.7 Å². The van der Waals surface area contributed by atoms with Crippen LogP contribution in [-0.4, -0.2) is 27.0 Å². The summed E-state index contributed by atoms with van der Waals surface area (Å²) in [6.45, 7) is 3.85. The number of rotatable bonds is 3. The molecule has 2 unspecified atom stereocenters. The van der Waals surface area contributed by atoms with Crippen LogP contribution in [0.25, 0.3) is 0 Å². The third-order valence-corrected chi connectivity index (χ3v) is 4.67. The van der Waals surface area contributed by atoms with Gasteiger partial charge in [0.05, 0.1) is 17.0 Å². The van der Waals surface area contributed by atoms with E-state index in [9.17, 15) is 4.79 Å². The van der Waals surface area contributed by atoms with Crippen LogP contribution in [-0.2, 0) is 6.42 Å². The maximum Gasteiger partial charge on any atom is 0.253 e. The smallest absolute Gasteiger partial charge is 0.253 e. The van der Waals surface area contributed by atoms with Crippen LogP contribution in [0.1, 0.15) is 54.4 Å². The van der Waals surface area contributed by atoms with E-state index in [2.05, 4.69) is 31.4 Å². The zero-order valence-corrected chi connectivity index (χ0v) is 13.0. The van der Waals surface area contributed by atoms with Crippen molar-refractivity contribution < 1.29 is 4.79 Å². The van der Waals surface area contributed by atoms with Crippen LogP contribution in [0.15, 0.2) is 6.07 Å². The van der Waals surface area contributed by atoms with E-state index in [1.807, 2.05) is 19.9 Å². The Morgan fingerprint density at radius 2 is 2.16 bits per heavy atom. The highest BCUT2D eigenvalue weighted by Crippen LogP contribution is 2.24. The zero-order valence-electron chi connectivity index (χ0n) is 11.4. The fourth-order valence-electron chi connectivity index (χ4n) is 2.47. The largest absolute Gasteiger partial charge is 0.348 e. The maximum absolute atomic E-state index is 12.4. The molecule has 0 saturated heterocycles. The molecule has 1 aromatic heterocycles. The summed E-state index contributed by atoms with van der Waals surface area (Å²) in [6, 6.07) is 2.05. The van der Waals surface area contributed by atoms with Crippen LogP contribution < -0.4 is 5.32 Å². The monoisotopic (exact) mass is 325 g/mol. The van der Waals surface area contributed by atoms with E-state index in [0.717, 1.165) is 30.7 Å². The molecule has 1 aromatic rings. The van der Waals surface area contributed by atoms with Crippen LogP contribution in [0.5, 0.6) is 0 Å². The molecule has 1 amide bonds. The first-order valence-corrected chi connectivity index (χ1v) is 7.81. The van der Waals surface area contributed by atoms with Gasteiger partial charge in [-0.05, 0) is 32.3 Å². The number of aromatic nitrogens is 2. The summed E-state index contributed by atoms with van der Waals surface area (Å²) in [5, 5.41) is 11.3. The van der Waals surface area contributed by atoms with Gasteiger partial charge >= 0.3 is 0 Å². The van der Waals surface area contributed by atoms with Gasteiger partial charge in [0, 0.05) is 10.9 Å². The second kappa shape index (κ2) is 6.46. The number of halogens is 1. The van der Waals surface area contributed by atoms with Gasteiger partial charge in [0.15, 0.2) is 0 Å². The van der Waals surface area contributed by atoms with Gasteiger partial charge < -0.3 is 5.32 Å². The van der Waals surface area contributed by atoms with Crippen molar-refractivity contribution in [3.8, 4) is 0 Å². The molecular weight excluding hydrogens is 306 g/mol. The first kappa shape index (κ1) is 14.4. The maximum atomic E-state index is 12.4. The third-order valence-electron chi connectivity index (χ3n) is 3.57. The van der Waals surface area contributed by atoms with Gasteiger partial charge in [0.2, 0.25) is 0 Å². The Labute approximate surface area is 122 Å². The van der Waals surface area contributed by atoms with E-state index in [-0.39, 0.29) is 11.9 Å². The van der Waals surface area contributed by atoms with Crippen molar-refractivity contribution >= 4 is 21.8 Å². The molecule has 1 N–H and O–H groups in total. The Morgan fingerprint density at radius 3 is 2.84 bits per heavy atom. The van der Waals surface area contributed by atoms with Gasteiger partial charge in [0.25, 0.3) is 5.91 Å². The molecule has 1 fully saturated rings. The van der Waals surface area contributed by atoms with Crippen molar-refractivity contribution in [3.05, 3.63) is 23.0 Å². The lowest BCUT2D eigenvalue weighted by molar-refractivity contribution is 0.0928. The number of carbonyl (C=O) groups is 1. The second-order valence-corrected chi connectivity index (χ2v) is 6.26. The lowest BCUT2D eigenvalue weighted by atomic mass is 9.95. The van der Waals surface area contributed by atoms with Gasteiger partial charge in [-0.25, -0.2) is 0 Å². The zero-order chi connectivity index (χ0) is 13.8. The van der Waals surface area contributed by atoms with E-state index >= 15 is 0 Å². The highest BCUT2D eigenvalue weighted by molar-refractivity contribution is 9.09. The van der Waals surface area contributed by atoms with Crippen LogP contribution >= 0.6 is 15.9 Å². The number of hydrogen-bond donors (Lipinski definition) is 1. The van der Waals surface area contributed by atoms with Gasteiger partial charge in [-0.15, -0.1) is 0 Å². The van der Waals surface area contributed by atoms with E-state index in [1.165, 1.54) is 12.8 Å². The predicted molar refractivity (Wildman–Crippen MR) is 78.6 cm³/mol. The number of carbonyl (C=O) groups excluding carboxylic acids is 1. The van der Waals surface area contributed by atoms with Crippen LogP contribution in [0.2, 0.25) is 0 Å². The van der Waals surface area contributed by atoms with E-state index in [4.69, 9.17) is 0 Å². The number of nitrogens with zero attached hydrogens (tertiary/aromatic N) is 2. The highest BCUT2D eigenvalue weighted by atomic mass is 79.9. The average Bonchev–Trinajstić information content (AvgIpc) is 2.41. The quantitative estimate of drug-likeness (QED) is 0.869. The topological polar surface area (TPSA) is 54.9 Å². The molecule has 4 nitrogen and oxygen atoms in total. The molecule has 2 rings (SSSR count). The molecular formula is C14H20BrN3O. The Bertz CT molecular complexity index is 464. The highest BCUT2D eigenvalue weighted by Gasteiger charge is 2.25. The summed E-state index contributed by atoms with van der Waals surface area (Å²) in [6.07, 6.45) is 5.30. The van der Waals surface area contributed by atoms with Crippen LogP contribution in [0.4, 0.5) is 0 Å². The molecule has 1 saturated carbocycles. The summed E-state index contributed by atoms with van der Waals surface area (Å²) in [7, 11) is 0. The SMILES string of the molecule is CCc1nnc(C)cc1C(=O)NC1CCCCC1Br. The molecule has 0 aromatic carbocycles. The molecule has 5 heteroatoms. The van der Waals surface area contributed by atoms with Gasteiger partial charge in [0.1, 0.15) is 0 Å². The van der Waals surface area contributed by atoms with Crippen molar-refractivity contribution in [1.29, 1.82) is 0 Å². The molecule has 0 aliphatic heterocycles. The molecule has 2 atom stereocenters. The van der Waals surface area contributed by atoms with Crippen LogP contribution in [0, 0.1) is 6.92 Å². The number of hydrogen-bond acceptors (Lipinski definition) is 3. The number of aryl methyl sites for hydroxylation is 2. The van der Waals surface area contributed by atoms with Gasteiger partial charge in [-0.2, -0.15) is 10.2 Å². The van der Waals surface area contributed by atoms with E-state index in [0.29, 0.717) is 10.4 Å². The number of nitrogens with one attached hydrogen (secondary N) is 1. The summed E-state index contributed by atoms with van der Waals surface area (Å²) >= 11 is 3.66. The third kappa shape index (κ3) is 3.53. The minimum absolute atomic E-state index is 0.0220. The molecule has 0 bridgehead atoms. The van der Waals surface area contributed by atoms with Crippen molar-refractivity contribution in [3.63, 3.8) is 0 Å². The Kier molecular flexibility index (Phi) is 4.91. The van der Waals surface area contributed by atoms with Crippen LogP contribution in [0.3, 0.4) is 0 Å². The number of amides is 1. The molecule has 0 radical (unpaired) electrons. The molecule has 104 valence electrons. The summed E-state index contributed by atoms with van der Waals surface area (Å²) < 4.78 is 0. The Morgan fingerprint density at radius 1 is 1.42 bits per heavy atom. The molecule has 0 spiro atoms. The Hall–Kier alpha value is -0.970. The van der Waals surface area contributed by atoms with Crippen molar-refractivity contribution in [2.75, 3.05) is 0 Å². The lowest BCUT2D eigenvalue weighted by Crippen LogP contribution is -2.43. The summed E-state index contributed by atoms with van der Waals surface area (Å²) in [5.41, 5.74) is 2.21. The van der Waals surface area contributed by atoms with Crippen molar-refractivity contribution in [2.45, 2.75) is 56.8 Å². The normalized spacial score (nSPS) is 23.1. The van der Waals surface area contributed by atoms with Crippen molar-refractivity contribution in [2.24, 2.45) is 0 Å². The molecule has 1 aliphatic carbocycles. The van der Waals surface area contributed by atoms with Crippen molar-refractivity contribution in [1.82, 2.24) is 15.5 Å². The fourth-order valence-corrected chi connectivity index (χ4v) is 3.19. The number of alkyl halides is 1. The van der Waals surface area contributed by atoms with E-state index < -0.39 is 0 Å². The first-order valence-electron chi connectivity index (χ1n) is 6.90. The second-order valence-electron chi connectivity index (χ2n) is 5.08. The Balaban J connectivity index is 2.13. The van der Waals surface area contributed by atoms with Gasteiger partial charge in [-0.3, -0.25) is 4.79 Å².